The number of aryl methyl sites for hydroxylation is 1. The molecule has 1 heterocycles. The quantitative estimate of drug-likeness (QED) is 0.787. The van der Waals surface area contributed by atoms with E-state index in [-0.39, 0.29) is 12.0 Å². The largest absolute Gasteiger partial charge is 0.469 e. The number of benzene rings is 1. The maximum atomic E-state index is 12.3. The van der Waals surface area contributed by atoms with E-state index in [1.807, 2.05) is 30.3 Å². The van der Waals surface area contributed by atoms with Crippen LogP contribution in [0.2, 0.25) is 0 Å². The number of nitrogens with zero attached hydrogens (tertiary/aromatic N) is 2. The fraction of sp³-hybridized carbons (Fsp3) is 0.267. The molecule has 5 nitrogen and oxygen atoms in total. The Kier molecular flexibility index (Phi) is 4.30. The van der Waals surface area contributed by atoms with Gasteiger partial charge in [-0.05, 0) is 18.1 Å². The fourth-order valence-corrected chi connectivity index (χ4v) is 1.91. The van der Waals surface area contributed by atoms with Crippen LogP contribution in [0.4, 0.5) is 0 Å². The van der Waals surface area contributed by atoms with Gasteiger partial charge in [0.05, 0.1) is 26.3 Å². The van der Waals surface area contributed by atoms with Crippen LogP contribution < -0.4 is 5.56 Å². The molecule has 0 aliphatic carbocycles. The van der Waals surface area contributed by atoms with Crippen molar-refractivity contribution in [3.8, 4) is 0 Å². The van der Waals surface area contributed by atoms with Gasteiger partial charge in [-0.2, -0.15) is 5.10 Å². The van der Waals surface area contributed by atoms with Crippen LogP contribution in [0.1, 0.15) is 16.7 Å². The minimum atomic E-state index is -0.428. The molecule has 0 aliphatic rings. The first kappa shape index (κ1) is 14.0. The molecule has 0 saturated carbocycles. The molecule has 1 aromatic carbocycles. The van der Waals surface area contributed by atoms with Gasteiger partial charge >= 0.3 is 5.97 Å². The van der Waals surface area contributed by atoms with Gasteiger partial charge < -0.3 is 4.74 Å². The summed E-state index contributed by atoms with van der Waals surface area (Å²) in [5.74, 6) is -0.428. The van der Waals surface area contributed by atoms with Gasteiger partial charge in [0.25, 0.3) is 5.56 Å². The molecular weight excluding hydrogens is 256 g/mol. The van der Waals surface area contributed by atoms with Crippen LogP contribution in [-0.4, -0.2) is 22.9 Å². The Balaban J connectivity index is 2.34. The van der Waals surface area contributed by atoms with Gasteiger partial charge in [-0.15, -0.1) is 0 Å². The number of hydrogen-bond acceptors (Lipinski definition) is 4. The third kappa shape index (κ3) is 3.12. The summed E-state index contributed by atoms with van der Waals surface area (Å²) in [6, 6.07) is 9.58. The van der Waals surface area contributed by atoms with Crippen LogP contribution in [0.25, 0.3) is 0 Å². The van der Waals surface area contributed by atoms with Crippen LogP contribution in [0, 0.1) is 6.92 Å². The van der Waals surface area contributed by atoms with Crippen LogP contribution in [0.15, 0.2) is 41.3 Å². The molecule has 0 amide bonds. The predicted molar refractivity (Wildman–Crippen MR) is 74.5 cm³/mol. The van der Waals surface area contributed by atoms with Crippen molar-refractivity contribution in [3.05, 3.63) is 63.6 Å². The summed E-state index contributed by atoms with van der Waals surface area (Å²) in [4.78, 5) is 23.7. The molecule has 104 valence electrons. The zero-order chi connectivity index (χ0) is 14.5. The first-order valence-corrected chi connectivity index (χ1v) is 6.28. The van der Waals surface area contributed by atoms with Gasteiger partial charge in [0.1, 0.15) is 0 Å². The van der Waals surface area contributed by atoms with Gasteiger partial charge in [0.2, 0.25) is 0 Å². The third-order valence-corrected chi connectivity index (χ3v) is 3.08. The van der Waals surface area contributed by atoms with E-state index in [0.717, 1.165) is 5.56 Å². The topological polar surface area (TPSA) is 61.2 Å². The second kappa shape index (κ2) is 6.14. The van der Waals surface area contributed by atoms with Crippen molar-refractivity contribution < 1.29 is 9.53 Å². The molecular formula is C15H16N2O3. The summed E-state index contributed by atoms with van der Waals surface area (Å²) in [5.41, 5.74) is 1.86. The lowest BCUT2D eigenvalue weighted by Crippen LogP contribution is -2.29. The van der Waals surface area contributed by atoms with Crippen molar-refractivity contribution in [2.45, 2.75) is 19.9 Å². The van der Waals surface area contributed by atoms with Crippen molar-refractivity contribution >= 4 is 5.97 Å². The average molecular weight is 272 g/mol. The Morgan fingerprint density at radius 2 is 2.00 bits per heavy atom. The van der Waals surface area contributed by atoms with E-state index in [0.29, 0.717) is 17.7 Å². The van der Waals surface area contributed by atoms with E-state index in [4.69, 9.17) is 0 Å². The Morgan fingerprint density at radius 3 is 2.65 bits per heavy atom. The number of carbonyl (C=O) groups is 1. The second-order valence-corrected chi connectivity index (χ2v) is 4.51. The zero-order valence-corrected chi connectivity index (χ0v) is 11.5. The lowest BCUT2D eigenvalue weighted by atomic mass is 10.1. The smallest absolute Gasteiger partial charge is 0.310 e. The molecule has 0 spiro atoms. The molecule has 0 radical (unpaired) electrons. The molecule has 20 heavy (non-hydrogen) atoms. The Hall–Kier alpha value is -2.43. The number of ether oxygens (including phenoxy) is 1. The van der Waals surface area contributed by atoms with E-state index in [2.05, 4.69) is 9.84 Å². The van der Waals surface area contributed by atoms with Crippen LogP contribution in [0.3, 0.4) is 0 Å². The average Bonchev–Trinajstić information content (AvgIpc) is 2.47. The summed E-state index contributed by atoms with van der Waals surface area (Å²) >= 11 is 0. The maximum Gasteiger partial charge on any atom is 0.310 e. The highest BCUT2D eigenvalue weighted by atomic mass is 16.5. The van der Waals surface area contributed by atoms with Gasteiger partial charge in [0, 0.05) is 5.56 Å². The van der Waals surface area contributed by atoms with Crippen molar-refractivity contribution in [1.82, 2.24) is 9.78 Å². The highest BCUT2D eigenvalue weighted by molar-refractivity contribution is 5.72. The molecule has 0 unspecified atom stereocenters. The molecule has 0 fully saturated rings. The van der Waals surface area contributed by atoms with Gasteiger partial charge in [-0.3, -0.25) is 9.59 Å². The number of esters is 1. The first-order chi connectivity index (χ1) is 9.61. The van der Waals surface area contributed by atoms with Gasteiger partial charge in [-0.1, -0.05) is 30.3 Å². The lowest BCUT2D eigenvalue weighted by Gasteiger charge is -2.09. The summed E-state index contributed by atoms with van der Waals surface area (Å²) < 4.78 is 5.98. The SMILES string of the molecule is COC(=O)Cc1c(C)cnn(Cc2ccccc2)c1=O. The third-order valence-electron chi connectivity index (χ3n) is 3.08. The lowest BCUT2D eigenvalue weighted by molar-refractivity contribution is -0.139. The number of carbonyl (C=O) groups excluding carboxylic acids is 1. The Labute approximate surface area is 116 Å². The number of aromatic nitrogens is 2. The summed E-state index contributed by atoms with van der Waals surface area (Å²) in [6.45, 7) is 2.15. The molecule has 5 heteroatoms. The first-order valence-electron chi connectivity index (χ1n) is 6.28. The molecule has 0 bridgehead atoms. The molecule has 2 rings (SSSR count). The zero-order valence-electron chi connectivity index (χ0n) is 11.5. The van der Waals surface area contributed by atoms with Crippen molar-refractivity contribution in [2.24, 2.45) is 0 Å². The van der Waals surface area contributed by atoms with E-state index in [1.165, 1.54) is 11.8 Å². The highest BCUT2D eigenvalue weighted by Gasteiger charge is 2.13. The van der Waals surface area contributed by atoms with E-state index in [9.17, 15) is 9.59 Å². The molecule has 2 aromatic rings. The van der Waals surface area contributed by atoms with E-state index < -0.39 is 5.97 Å². The number of rotatable bonds is 4. The Bertz CT molecular complexity index is 663. The summed E-state index contributed by atoms with van der Waals surface area (Å²) in [7, 11) is 1.31. The normalized spacial score (nSPS) is 10.3. The van der Waals surface area contributed by atoms with Crippen LogP contribution >= 0.6 is 0 Å². The van der Waals surface area contributed by atoms with Crippen LogP contribution in [0.5, 0.6) is 0 Å². The van der Waals surface area contributed by atoms with E-state index >= 15 is 0 Å². The standard InChI is InChI=1S/C15H16N2O3/c1-11-9-16-17(10-12-6-4-3-5-7-12)15(19)13(11)8-14(18)20-2/h3-7,9H,8,10H2,1-2H3. The van der Waals surface area contributed by atoms with Gasteiger partial charge in [0.15, 0.2) is 0 Å². The van der Waals surface area contributed by atoms with Crippen molar-refractivity contribution in [3.63, 3.8) is 0 Å². The summed E-state index contributed by atoms with van der Waals surface area (Å²) in [5, 5.41) is 4.12. The fourth-order valence-electron chi connectivity index (χ4n) is 1.91. The monoisotopic (exact) mass is 272 g/mol. The number of hydrogen-bond donors (Lipinski definition) is 0. The molecule has 0 aliphatic heterocycles. The molecule has 0 saturated heterocycles. The minimum Gasteiger partial charge on any atom is -0.469 e. The molecule has 0 N–H and O–H groups in total. The number of methoxy groups -OCH3 is 1. The summed E-state index contributed by atoms with van der Waals surface area (Å²) in [6.07, 6.45) is 1.57. The van der Waals surface area contributed by atoms with Crippen molar-refractivity contribution in [1.29, 1.82) is 0 Å². The molecule has 0 atom stereocenters. The highest BCUT2D eigenvalue weighted by Crippen LogP contribution is 2.04. The Morgan fingerprint density at radius 1 is 1.30 bits per heavy atom. The maximum absolute atomic E-state index is 12.3. The predicted octanol–water partition coefficient (Wildman–Crippen LogP) is 1.32. The molecule has 1 aromatic heterocycles. The van der Waals surface area contributed by atoms with Crippen LogP contribution in [-0.2, 0) is 22.5 Å². The van der Waals surface area contributed by atoms with Crippen molar-refractivity contribution in [2.75, 3.05) is 7.11 Å². The van der Waals surface area contributed by atoms with Gasteiger partial charge in [-0.25, -0.2) is 4.68 Å². The second-order valence-electron chi connectivity index (χ2n) is 4.51. The minimum absolute atomic E-state index is 0.0293. The van der Waals surface area contributed by atoms with E-state index in [1.54, 1.807) is 13.1 Å².